The Bertz CT molecular complexity index is 1540. The molecule has 0 heterocycles. The van der Waals surface area contributed by atoms with E-state index in [-0.39, 0.29) is 39.7 Å². The van der Waals surface area contributed by atoms with E-state index in [1.54, 1.807) is 18.2 Å². The topological polar surface area (TPSA) is 134 Å². The Morgan fingerprint density at radius 2 is 1.51 bits per heavy atom. The van der Waals surface area contributed by atoms with Gasteiger partial charge in [0.25, 0.3) is 0 Å². The Kier molecular flexibility index (Phi) is 15.2. The van der Waals surface area contributed by atoms with Crippen molar-refractivity contribution in [3.8, 4) is 38.5 Å². The zero-order valence-corrected chi connectivity index (χ0v) is 33.1. The minimum atomic E-state index is -0.878. The summed E-state index contributed by atoms with van der Waals surface area (Å²) < 4.78 is 0. The molecule has 5 aliphatic rings. The van der Waals surface area contributed by atoms with Crippen molar-refractivity contribution in [2.24, 2.45) is 62.1 Å². The number of terminal acetylenes is 3. The van der Waals surface area contributed by atoms with Crippen LogP contribution in [0.2, 0.25) is 0 Å². The van der Waals surface area contributed by atoms with E-state index in [9.17, 15) is 14.7 Å². The molecular weight excluding hydrogens is 659 g/mol. The Morgan fingerprint density at radius 3 is 2.08 bits per heavy atom. The van der Waals surface area contributed by atoms with Crippen molar-refractivity contribution in [2.45, 2.75) is 111 Å². The van der Waals surface area contributed by atoms with Crippen LogP contribution in [0.3, 0.4) is 0 Å². The highest BCUT2D eigenvalue weighted by atomic mass is 16.4. The van der Waals surface area contributed by atoms with Crippen LogP contribution in [0.5, 0.6) is 0 Å². The van der Waals surface area contributed by atoms with Gasteiger partial charge in [-0.15, -0.1) is 45.1 Å². The number of amides is 1. The number of aromatic carboxylic acids is 1. The summed E-state index contributed by atoms with van der Waals surface area (Å²) in [7, 11) is 0. The van der Waals surface area contributed by atoms with Gasteiger partial charge in [0.1, 0.15) is 12.9 Å². The average molecular weight is 724 g/mol. The van der Waals surface area contributed by atoms with E-state index in [0.29, 0.717) is 29.2 Å². The Balaban J connectivity index is 0.000000998. The second-order valence-corrected chi connectivity index (χ2v) is 16.6. The number of carboxylic acid groups (broad SMARTS) is 1. The number of nitrogens with one attached hydrogen (secondary N) is 1. The van der Waals surface area contributed by atoms with E-state index in [1.165, 1.54) is 55.4 Å². The highest BCUT2D eigenvalue weighted by molar-refractivity contribution is 5.88. The molecule has 3 unspecified atom stereocenters. The van der Waals surface area contributed by atoms with Gasteiger partial charge in [-0.05, 0) is 133 Å². The fourth-order valence-electron chi connectivity index (χ4n) is 12.3. The maximum Gasteiger partial charge on any atom is 0.335 e. The van der Waals surface area contributed by atoms with Crippen LogP contribution in [0.25, 0.3) is 5.57 Å². The van der Waals surface area contributed by atoms with E-state index in [0.717, 1.165) is 31.2 Å². The first-order valence-corrected chi connectivity index (χ1v) is 18.8. The summed E-state index contributed by atoms with van der Waals surface area (Å²) in [4.78, 5) is 24.6. The second-order valence-electron chi connectivity index (χ2n) is 16.6. The van der Waals surface area contributed by atoms with Gasteiger partial charge in [0.05, 0.1) is 5.56 Å². The summed E-state index contributed by atoms with van der Waals surface area (Å²) in [5.74, 6) is 12.5. The van der Waals surface area contributed by atoms with Crippen LogP contribution < -0.4 is 17.0 Å². The van der Waals surface area contributed by atoms with E-state index in [1.807, 2.05) is 19.1 Å². The largest absolute Gasteiger partial charge is 0.478 e. The third kappa shape index (κ3) is 7.93. The van der Waals surface area contributed by atoms with Gasteiger partial charge >= 0.3 is 5.97 Å². The Hall–Kier alpha value is -4.45. The van der Waals surface area contributed by atoms with Crippen LogP contribution in [0.15, 0.2) is 48.1 Å². The Morgan fingerprint density at radius 1 is 0.906 bits per heavy atom. The lowest BCUT2D eigenvalue weighted by Gasteiger charge is -2.72. The molecule has 0 radical (unpaired) electrons. The molecule has 6 N–H and O–H groups in total. The lowest BCUT2D eigenvalue weighted by atomic mass is 9.33. The zero-order valence-electron chi connectivity index (χ0n) is 33.1. The molecule has 0 spiro atoms. The quantitative estimate of drug-likeness (QED) is 0.0585. The van der Waals surface area contributed by atoms with Gasteiger partial charge in [0.2, 0.25) is 5.91 Å². The van der Waals surface area contributed by atoms with Gasteiger partial charge in [-0.25, -0.2) is 10.6 Å². The third-order valence-corrected chi connectivity index (χ3v) is 14.3. The fraction of sp³-hybridized carbons (Fsp3) is 0.578. The summed E-state index contributed by atoms with van der Waals surface area (Å²) in [6.45, 7) is 18.0. The predicted octanol–water partition coefficient (Wildman–Crippen LogP) is 8.12. The smallest absolute Gasteiger partial charge is 0.335 e. The van der Waals surface area contributed by atoms with Crippen molar-refractivity contribution in [3.05, 3.63) is 54.1 Å². The molecule has 288 valence electrons. The summed E-state index contributed by atoms with van der Waals surface area (Å²) in [6.07, 6.45) is 41.2. The number of carbonyl (C=O) groups excluding carboxylic acids is 1. The third-order valence-electron chi connectivity index (χ3n) is 14.3. The average Bonchev–Trinajstić information content (AvgIpc) is 3.55. The van der Waals surface area contributed by atoms with Crippen LogP contribution in [0, 0.1) is 83.9 Å². The monoisotopic (exact) mass is 724 g/mol. The number of hydrogen-bond donors (Lipinski definition) is 4. The minimum Gasteiger partial charge on any atom is -0.478 e. The van der Waals surface area contributed by atoms with Crippen LogP contribution >= 0.6 is 0 Å². The number of nitrogens with two attached hydrogens (primary N) is 2. The molecule has 1 amide bonds. The lowest BCUT2D eigenvalue weighted by Crippen LogP contribution is -2.68. The molecule has 5 aliphatic carbocycles. The number of rotatable bonds is 6. The first kappa shape index (κ1) is 44.7. The molecule has 0 saturated heterocycles. The standard InChI is InChI=1S/C36H53N5O3.C3H6.3C2H2/c1-32(2)25(23-8-10-24(11-9-23)31(43)44)14-17-33(3)28(32)15-18-35(5)29(33)13-12-26-27-7-6-16-36(27,20-19-34(26,35)4)40-30(42)21-41(38)22-39-37;1-3-2;3*1-2/h8-11,14,22,26-29H,6-7,12-13,15-21,37-38H2,1-5H3,(H,40,42)(H,43,44);3H,1H2,2H3;3*1-2H/b39-22-;;;;/t26-,27?,28?,29?,33+,34-,35-,36+;;;;/m1..../s1. The molecule has 1 aromatic rings. The van der Waals surface area contributed by atoms with E-state index in [2.05, 4.69) is 96.2 Å². The van der Waals surface area contributed by atoms with Gasteiger partial charge in [-0.1, -0.05) is 65.3 Å². The van der Waals surface area contributed by atoms with Gasteiger partial charge in [-0.2, -0.15) is 5.10 Å². The van der Waals surface area contributed by atoms with Crippen molar-refractivity contribution >= 4 is 23.8 Å². The normalized spacial score (nSPS) is 34.1. The highest BCUT2D eigenvalue weighted by Crippen LogP contribution is 2.76. The highest BCUT2D eigenvalue weighted by Gasteiger charge is 2.69. The van der Waals surface area contributed by atoms with Crippen LogP contribution in [-0.4, -0.2) is 40.4 Å². The molecule has 53 heavy (non-hydrogen) atoms. The van der Waals surface area contributed by atoms with E-state index in [4.69, 9.17) is 11.7 Å². The van der Waals surface area contributed by atoms with Gasteiger partial charge in [-0.3, -0.25) is 9.80 Å². The summed E-state index contributed by atoms with van der Waals surface area (Å²) in [6, 6.07) is 7.50. The number of nitrogens with zero attached hydrogens (tertiary/aromatic N) is 2. The molecule has 0 aromatic heterocycles. The minimum absolute atomic E-state index is 0.000237. The van der Waals surface area contributed by atoms with Gasteiger partial charge < -0.3 is 16.3 Å². The maximum absolute atomic E-state index is 13.1. The predicted molar refractivity (Wildman–Crippen MR) is 220 cm³/mol. The van der Waals surface area contributed by atoms with Crippen LogP contribution in [-0.2, 0) is 4.79 Å². The van der Waals surface area contributed by atoms with Crippen molar-refractivity contribution < 1.29 is 14.7 Å². The fourth-order valence-corrected chi connectivity index (χ4v) is 12.3. The Labute approximate surface area is 320 Å². The number of carbonyl (C=O) groups is 2. The first-order valence-electron chi connectivity index (χ1n) is 18.8. The zero-order chi connectivity index (χ0) is 40.4. The van der Waals surface area contributed by atoms with Gasteiger partial charge in [0.15, 0.2) is 0 Å². The maximum atomic E-state index is 13.1. The van der Waals surface area contributed by atoms with E-state index >= 15 is 0 Å². The molecule has 0 bridgehead atoms. The summed E-state index contributed by atoms with van der Waals surface area (Å²) in [5, 5.41) is 17.6. The van der Waals surface area contributed by atoms with Crippen molar-refractivity contribution in [3.63, 3.8) is 0 Å². The van der Waals surface area contributed by atoms with Crippen LogP contribution in [0.1, 0.15) is 122 Å². The lowest BCUT2D eigenvalue weighted by molar-refractivity contribution is -0.217. The number of hydrazine groups is 1. The molecule has 0 aliphatic heterocycles. The molecule has 1 aromatic carbocycles. The molecule has 8 heteroatoms. The number of benzene rings is 1. The first-order chi connectivity index (χ1) is 25.1. The molecule has 4 saturated carbocycles. The molecule has 6 rings (SSSR count). The number of allylic oxidation sites excluding steroid dienone is 3. The summed E-state index contributed by atoms with van der Waals surface area (Å²) >= 11 is 0. The van der Waals surface area contributed by atoms with Crippen molar-refractivity contribution in [1.29, 1.82) is 0 Å². The molecular formula is C45H65N5O3. The van der Waals surface area contributed by atoms with Crippen molar-refractivity contribution in [1.82, 2.24) is 10.3 Å². The van der Waals surface area contributed by atoms with Crippen LogP contribution in [0.4, 0.5) is 0 Å². The number of hydrogen-bond acceptors (Lipinski definition) is 5. The second kappa shape index (κ2) is 18.1. The molecule has 4 fully saturated rings. The van der Waals surface area contributed by atoms with Crippen molar-refractivity contribution in [2.75, 3.05) is 6.54 Å². The molecule has 8 atom stereocenters. The SMILES string of the molecule is C#C.C#C.C#C.C=CC.CC1(C)C(c2ccc(C(=O)O)cc2)=CC[C@@]2(C)C1CC[C@]1(C)C2CC[C@@H]2C3CCC[C@]3(NC(=O)CN(N)/C=N\N)CC[C@]21C. The molecule has 8 nitrogen and oxygen atoms in total. The van der Waals surface area contributed by atoms with Gasteiger partial charge in [0, 0.05) is 5.54 Å². The number of hydrazone groups is 1. The number of carboxylic acids is 1. The number of fused-ring (bicyclic) bond motifs is 7. The summed E-state index contributed by atoms with van der Waals surface area (Å²) in [5.41, 5.74) is 3.43. The van der Waals surface area contributed by atoms with E-state index < -0.39 is 5.97 Å².